The lowest BCUT2D eigenvalue weighted by molar-refractivity contribution is -0.139. The Morgan fingerprint density at radius 2 is 1.93 bits per heavy atom. The molecule has 1 fully saturated rings. The minimum Gasteiger partial charge on any atom is -0.358 e. The Labute approximate surface area is 161 Å². The van der Waals surface area contributed by atoms with E-state index in [1.165, 1.54) is 11.2 Å². The number of hydrazine groups is 1. The fourth-order valence-electron chi connectivity index (χ4n) is 3.54. The summed E-state index contributed by atoms with van der Waals surface area (Å²) in [6.45, 7) is 3.02. The number of para-hydroxylation sites is 1. The van der Waals surface area contributed by atoms with Crippen LogP contribution < -0.4 is 0 Å². The van der Waals surface area contributed by atoms with Gasteiger partial charge in [-0.25, -0.2) is 9.99 Å². The standard InChI is InChI=1S/C20H19ClN4O2/c1-13-16(15-5-2-3-6-17(15)23-13)11-19(26)24-9-4-10-25(24)20(27)14-7-8-18(21)22-12-14/h2-3,5-8,12,23H,4,9-11H2,1H3. The van der Waals surface area contributed by atoms with Gasteiger partial charge in [0, 0.05) is 35.9 Å². The average Bonchev–Trinajstić information content (AvgIpc) is 3.27. The van der Waals surface area contributed by atoms with Crippen molar-refractivity contribution in [2.75, 3.05) is 13.1 Å². The lowest BCUT2D eigenvalue weighted by atomic mass is 10.1. The van der Waals surface area contributed by atoms with Gasteiger partial charge in [-0.2, -0.15) is 0 Å². The third kappa shape index (κ3) is 3.28. The number of nitrogens with one attached hydrogen (secondary N) is 1. The zero-order valence-electron chi connectivity index (χ0n) is 14.9. The van der Waals surface area contributed by atoms with E-state index in [-0.39, 0.29) is 18.2 Å². The van der Waals surface area contributed by atoms with Gasteiger partial charge in [0.15, 0.2) is 0 Å². The quantitative estimate of drug-likeness (QED) is 0.706. The molecule has 0 radical (unpaired) electrons. The van der Waals surface area contributed by atoms with Crippen LogP contribution in [0.4, 0.5) is 0 Å². The van der Waals surface area contributed by atoms with E-state index in [0.29, 0.717) is 23.8 Å². The Kier molecular flexibility index (Phi) is 4.58. The Hall–Kier alpha value is -2.86. The Morgan fingerprint density at radius 1 is 1.15 bits per heavy atom. The van der Waals surface area contributed by atoms with Crippen molar-refractivity contribution in [2.45, 2.75) is 19.8 Å². The lowest BCUT2D eigenvalue weighted by Crippen LogP contribution is -2.45. The van der Waals surface area contributed by atoms with E-state index < -0.39 is 0 Å². The van der Waals surface area contributed by atoms with Gasteiger partial charge < -0.3 is 4.98 Å². The maximum absolute atomic E-state index is 13.0. The summed E-state index contributed by atoms with van der Waals surface area (Å²) in [4.78, 5) is 33.1. The molecule has 138 valence electrons. The highest BCUT2D eigenvalue weighted by molar-refractivity contribution is 6.29. The molecule has 2 amide bonds. The summed E-state index contributed by atoms with van der Waals surface area (Å²) in [6.07, 6.45) is 2.44. The van der Waals surface area contributed by atoms with Crippen LogP contribution >= 0.6 is 11.6 Å². The number of rotatable bonds is 3. The van der Waals surface area contributed by atoms with E-state index in [1.807, 2.05) is 31.2 Å². The molecule has 0 aliphatic carbocycles. The summed E-state index contributed by atoms with van der Waals surface area (Å²) in [5.74, 6) is -0.323. The van der Waals surface area contributed by atoms with E-state index in [9.17, 15) is 9.59 Å². The number of hydrogen-bond acceptors (Lipinski definition) is 3. The van der Waals surface area contributed by atoms with Gasteiger partial charge in [0.1, 0.15) is 5.15 Å². The van der Waals surface area contributed by atoms with Crippen molar-refractivity contribution in [3.8, 4) is 0 Å². The van der Waals surface area contributed by atoms with Gasteiger partial charge >= 0.3 is 0 Å². The molecule has 7 heteroatoms. The van der Waals surface area contributed by atoms with Crippen LogP contribution in [0.1, 0.15) is 28.0 Å². The van der Waals surface area contributed by atoms with Crippen molar-refractivity contribution >= 4 is 34.3 Å². The van der Waals surface area contributed by atoms with E-state index in [0.717, 1.165) is 28.6 Å². The number of hydrogen-bond donors (Lipinski definition) is 1. The fraction of sp³-hybridized carbons (Fsp3) is 0.250. The smallest absolute Gasteiger partial charge is 0.274 e. The second kappa shape index (κ2) is 7.04. The van der Waals surface area contributed by atoms with Crippen molar-refractivity contribution in [3.05, 3.63) is 64.6 Å². The van der Waals surface area contributed by atoms with Crippen LogP contribution in [0.2, 0.25) is 5.15 Å². The van der Waals surface area contributed by atoms with Gasteiger partial charge in [-0.05, 0) is 37.1 Å². The highest BCUT2D eigenvalue weighted by Gasteiger charge is 2.32. The zero-order chi connectivity index (χ0) is 19.0. The highest BCUT2D eigenvalue weighted by atomic mass is 35.5. The number of carbonyl (C=O) groups is 2. The summed E-state index contributed by atoms with van der Waals surface area (Å²) in [7, 11) is 0. The van der Waals surface area contributed by atoms with Crippen LogP contribution in [-0.2, 0) is 11.2 Å². The first kappa shape index (κ1) is 17.5. The molecule has 0 spiro atoms. The van der Waals surface area contributed by atoms with Crippen LogP contribution in [-0.4, -0.2) is 44.9 Å². The number of benzene rings is 1. The summed E-state index contributed by atoms with van der Waals surface area (Å²) in [6, 6.07) is 11.1. The number of halogens is 1. The van der Waals surface area contributed by atoms with Crippen molar-refractivity contribution in [3.63, 3.8) is 0 Å². The monoisotopic (exact) mass is 382 g/mol. The second-order valence-corrected chi connectivity index (χ2v) is 7.01. The first-order valence-electron chi connectivity index (χ1n) is 8.84. The molecule has 0 saturated carbocycles. The molecule has 2 aromatic heterocycles. The molecule has 4 rings (SSSR count). The summed E-state index contributed by atoms with van der Waals surface area (Å²) in [5.41, 5.74) is 3.38. The number of carbonyl (C=O) groups excluding carboxylic acids is 2. The summed E-state index contributed by atoms with van der Waals surface area (Å²) in [5, 5.41) is 4.44. The van der Waals surface area contributed by atoms with Crippen LogP contribution in [0.3, 0.4) is 0 Å². The number of amides is 2. The maximum Gasteiger partial charge on any atom is 0.274 e. The SMILES string of the molecule is Cc1[nH]c2ccccc2c1CC(=O)N1CCCN1C(=O)c1ccc(Cl)nc1. The van der Waals surface area contributed by atoms with Crippen LogP contribution in [0, 0.1) is 6.92 Å². The van der Waals surface area contributed by atoms with Gasteiger partial charge in [0.05, 0.1) is 12.0 Å². The van der Waals surface area contributed by atoms with Gasteiger partial charge in [0.25, 0.3) is 5.91 Å². The van der Waals surface area contributed by atoms with Crippen LogP contribution in [0.5, 0.6) is 0 Å². The third-order valence-electron chi connectivity index (χ3n) is 4.88. The van der Waals surface area contributed by atoms with Crippen molar-refractivity contribution in [1.29, 1.82) is 0 Å². The van der Waals surface area contributed by atoms with E-state index >= 15 is 0 Å². The molecule has 0 unspecified atom stereocenters. The fourth-order valence-corrected chi connectivity index (χ4v) is 3.65. The molecule has 27 heavy (non-hydrogen) atoms. The third-order valence-corrected chi connectivity index (χ3v) is 5.11. The van der Waals surface area contributed by atoms with E-state index in [4.69, 9.17) is 11.6 Å². The molecule has 1 aromatic carbocycles. The van der Waals surface area contributed by atoms with E-state index in [1.54, 1.807) is 17.1 Å². The minimum absolute atomic E-state index is 0.0874. The van der Waals surface area contributed by atoms with Crippen LogP contribution in [0.15, 0.2) is 42.6 Å². The summed E-state index contributed by atoms with van der Waals surface area (Å²) < 4.78 is 0. The first-order chi connectivity index (χ1) is 13.0. The molecular formula is C20H19ClN4O2. The maximum atomic E-state index is 13.0. The predicted molar refractivity (Wildman–Crippen MR) is 103 cm³/mol. The molecule has 0 atom stereocenters. The molecule has 1 aliphatic heterocycles. The number of nitrogens with zero attached hydrogens (tertiary/aromatic N) is 3. The Bertz CT molecular complexity index is 1010. The summed E-state index contributed by atoms with van der Waals surface area (Å²) >= 11 is 5.79. The number of fused-ring (bicyclic) bond motifs is 1. The number of H-pyrrole nitrogens is 1. The van der Waals surface area contributed by atoms with Gasteiger partial charge in [-0.3, -0.25) is 14.6 Å². The largest absolute Gasteiger partial charge is 0.358 e. The number of pyridine rings is 1. The Balaban J connectivity index is 1.56. The molecule has 3 heterocycles. The molecule has 6 nitrogen and oxygen atoms in total. The predicted octanol–water partition coefficient (Wildman–Crippen LogP) is 3.36. The molecule has 0 bridgehead atoms. The number of aromatic amines is 1. The van der Waals surface area contributed by atoms with Gasteiger partial charge in [0.2, 0.25) is 5.91 Å². The molecule has 1 saturated heterocycles. The highest BCUT2D eigenvalue weighted by Crippen LogP contribution is 2.24. The molecule has 1 N–H and O–H groups in total. The Morgan fingerprint density at radius 3 is 2.70 bits per heavy atom. The normalized spacial score (nSPS) is 14.1. The number of aromatic nitrogens is 2. The van der Waals surface area contributed by atoms with Crippen LogP contribution in [0.25, 0.3) is 10.9 Å². The lowest BCUT2D eigenvalue weighted by Gasteiger charge is -2.28. The van der Waals surface area contributed by atoms with Crippen molar-refractivity contribution in [2.24, 2.45) is 0 Å². The average molecular weight is 383 g/mol. The second-order valence-electron chi connectivity index (χ2n) is 6.62. The van der Waals surface area contributed by atoms with Gasteiger partial charge in [-0.15, -0.1) is 0 Å². The van der Waals surface area contributed by atoms with Crippen molar-refractivity contribution in [1.82, 2.24) is 20.0 Å². The number of aryl methyl sites for hydroxylation is 1. The molecule has 3 aromatic rings. The zero-order valence-corrected chi connectivity index (χ0v) is 15.7. The topological polar surface area (TPSA) is 69.3 Å². The van der Waals surface area contributed by atoms with Crippen molar-refractivity contribution < 1.29 is 9.59 Å². The first-order valence-corrected chi connectivity index (χ1v) is 9.22. The van der Waals surface area contributed by atoms with Gasteiger partial charge in [-0.1, -0.05) is 29.8 Å². The van der Waals surface area contributed by atoms with E-state index in [2.05, 4.69) is 9.97 Å². The molecular weight excluding hydrogens is 364 g/mol. The molecule has 1 aliphatic rings. The minimum atomic E-state index is -0.235.